The van der Waals surface area contributed by atoms with Gasteiger partial charge in [0.25, 0.3) is 0 Å². The van der Waals surface area contributed by atoms with Crippen LogP contribution < -0.4 is 0 Å². The number of hydrogen-bond donors (Lipinski definition) is 0. The molecule has 2 aliphatic rings. The first kappa shape index (κ1) is 12.0. The summed E-state index contributed by atoms with van der Waals surface area (Å²) >= 11 is 0. The Morgan fingerprint density at radius 2 is 2.19 bits per heavy atom. The van der Waals surface area contributed by atoms with E-state index in [2.05, 4.69) is 0 Å². The topological polar surface area (TPSA) is 29.6 Å². The van der Waals surface area contributed by atoms with Crippen LogP contribution in [0.15, 0.2) is 0 Å². The highest BCUT2D eigenvalue weighted by molar-refractivity contribution is 5.91. The van der Waals surface area contributed by atoms with Gasteiger partial charge in [0.15, 0.2) is 5.78 Å². The molecular formula is C12H18F2O2. The molecule has 2 nitrogen and oxygen atoms in total. The molecule has 0 bridgehead atoms. The number of Topliss-reactive ketones (excluding diaryl/α,β-unsaturated/α-hetero) is 1. The number of halogens is 2. The van der Waals surface area contributed by atoms with Gasteiger partial charge in [-0.05, 0) is 25.7 Å². The molecule has 1 heterocycles. The number of alkyl halides is 2. The number of ether oxygens (including phenoxy) is 1. The van der Waals surface area contributed by atoms with Crippen LogP contribution in [0.25, 0.3) is 0 Å². The van der Waals surface area contributed by atoms with E-state index in [-0.39, 0.29) is 30.5 Å². The molecule has 2 fully saturated rings. The molecule has 1 aliphatic carbocycles. The number of rotatable bonds is 4. The Balaban J connectivity index is 1.84. The monoisotopic (exact) mass is 232 g/mol. The molecule has 1 saturated carbocycles. The van der Waals surface area contributed by atoms with E-state index in [1.165, 1.54) is 0 Å². The smallest absolute Gasteiger partial charge is 0.248 e. The van der Waals surface area contributed by atoms with Gasteiger partial charge in [-0.1, -0.05) is 6.92 Å². The predicted octanol–water partition coefficient (Wildman–Crippen LogP) is 2.81. The highest BCUT2D eigenvalue weighted by atomic mass is 19.3. The lowest BCUT2D eigenvalue weighted by Crippen LogP contribution is -2.28. The fourth-order valence-electron chi connectivity index (χ4n) is 2.62. The average Bonchev–Trinajstić information content (AvgIpc) is 2.84. The van der Waals surface area contributed by atoms with Gasteiger partial charge in [-0.3, -0.25) is 4.79 Å². The maximum Gasteiger partial charge on any atom is 0.248 e. The van der Waals surface area contributed by atoms with Crippen LogP contribution in [0.4, 0.5) is 8.78 Å². The Kier molecular flexibility index (Phi) is 2.81. The lowest BCUT2D eigenvalue weighted by atomic mass is 9.87. The third-order valence-corrected chi connectivity index (χ3v) is 3.74. The Bertz CT molecular complexity index is 297. The van der Waals surface area contributed by atoms with Crippen LogP contribution in [-0.4, -0.2) is 23.9 Å². The maximum absolute atomic E-state index is 13.0. The third kappa shape index (κ3) is 2.42. The summed E-state index contributed by atoms with van der Waals surface area (Å²) in [5.74, 6) is -2.60. The van der Waals surface area contributed by atoms with Crippen molar-refractivity contribution in [3.05, 3.63) is 0 Å². The Labute approximate surface area is 94.3 Å². The van der Waals surface area contributed by atoms with Gasteiger partial charge in [0.05, 0.1) is 6.61 Å². The van der Waals surface area contributed by atoms with Crippen LogP contribution in [0, 0.1) is 11.8 Å². The molecule has 3 atom stereocenters. The summed E-state index contributed by atoms with van der Waals surface area (Å²) in [6.07, 6.45) is 1.05. The summed E-state index contributed by atoms with van der Waals surface area (Å²) in [5, 5.41) is 0. The first-order valence-electron chi connectivity index (χ1n) is 5.88. The van der Waals surface area contributed by atoms with Crippen LogP contribution in [-0.2, 0) is 9.53 Å². The van der Waals surface area contributed by atoms with Crippen LogP contribution in [0.1, 0.15) is 39.5 Å². The Hall–Kier alpha value is -0.510. The van der Waals surface area contributed by atoms with E-state index in [4.69, 9.17) is 4.74 Å². The zero-order valence-electron chi connectivity index (χ0n) is 9.76. The Morgan fingerprint density at radius 3 is 2.62 bits per heavy atom. The van der Waals surface area contributed by atoms with Crippen molar-refractivity contribution in [1.82, 2.24) is 0 Å². The van der Waals surface area contributed by atoms with Gasteiger partial charge in [-0.2, -0.15) is 0 Å². The number of hydrogen-bond acceptors (Lipinski definition) is 2. The third-order valence-electron chi connectivity index (χ3n) is 3.74. The molecule has 1 saturated heterocycles. The predicted molar refractivity (Wildman–Crippen MR) is 55.4 cm³/mol. The first-order valence-corrected chi connectivity index (χ1v) is 5.88. The van der Waals surface area contributed by atoms with Gasteiger partial charge >= 0.3 is 0 Å². The molecule has 4 heteroatoms. The van der Waals surface area contributed by atoms with Crippen LogP contribution >= 0.6 is 0 Å². The molecule has 1 unspecified atom stereocenters. The second-order valence-corrected chi connectivity index (χ2v) is 5.49. The minimum Gasteiger partial charge on any atom is -0.362 e. The molecule has 0 N–H and O–H groups in total. The van der Waals surface area contributed by atoms with Crippen molar-refractivity contribution >= 4 is 5.78 Å². The number of carbonyl (C=O) groups excluding carboxylic acids is 1. The van der Waals surface area contributed by atoms with Gasteiger partial charge in [0.1, 0.15) is 5.60 Å². The average molecular weight is 232 g/mol. The minimum absolute atomic E-state index is 0.00343. The van der Waals surface area contributed by atoms with Gasteiger partial charge in [-0.25, -0.2) is 8.78 Å². The van der Waals surface area contributed by atoms with E-state index >= 15 is 0 Å². The lowest BCUT2D eigenvalue weighted by Gasteiger charge is -2.17. The fourth-order valence-corrected chi connectivity index (χ4v) is 2.62. The second kappa shape index (κ2) is 3.76. The molecule has 0 aromatic carbocycles. The van der Waals surface area contributed by atoms with Crippen molar-refractivity contribution in [3.8, 4) is 0 Å². The van der Waals surface area contributed by atoms with Gasteiger partial charge in [-0.15, -0.1) is 0 Å². The summed E-state index contributed by atoms with van der Waals surface area (Å²) in [6.45, 7) is 4.08. The van der Waals surface area contributed by atoms with E-state index in [1.54, 1.807) is 6.92 Å². The fraction of sp³-hybridized carbons (Fsp3) is 0.917. The minimum atomic E-state index is -2.51. The molecule has 0 radical (unpaired) electrons. The van der Waals surface area contributed by atoms with E-state index in [0.717, 1.165) is 0 Å². The van der Waals surface area contributed by atoms with E-state index < -0.39 is 11.5 Å². The van der Waals surface area contributed by atoms with Crippen molar-refractivity contribution in [2.24, 2.45) is 11.8 Å². The van der Waals surface area contributed by atoms with Gasteiger partial charge < -0.3 is 4.74 Å². The number of epoxide rings is 1. The molecule has 16 heavy (non-hydrogen) atoms. The summed E-state index contributed by atoms with van der Waals surface area (Å²) in [6, 6.07) is 0. The van der Waals surface area contributed by atoms with E-state index in [9.17, 15) is 13.6 Å². The summed E-state index contributed by atoms with van der Waals surface area (Å²) in [5.41, 5.74) is -0.611. The summed E-state index contributed by atoms with van der Waals surface area (Å²) in [7, 11) is 0. The van der Waals surface area contributed by atoms with Crippen molar-refractivity contribution in [3.63, 3.8) is 0 Å². The SMILES string of the molecule is C[C@@H](CC1CCC(F)(F)C1)C(=O)[C@@]1(C)CO1. The highest BCUT2D eigenvalue weighted by Gasteiger charge is 2.49. The first-order chi connectivity index (χ1) is 7.32. The normalized spacial score (nSPS) is 38.4. The van der Waals surface area contributed by atoms with Crippen molar-refractivity contribution in [1.29, 1.82) is 0 Å². The van der Waals surface area contributed by atoms with E-state index in [1.807, 2.05) is 6.92 Å². The second-order valence-electron chi connectivity index (χ2n) is 5.49. The van der Waals surface area contributed by atoms with Gasteiger partial charge in [0, 0.05) is 18.8 Å². The number of carbonyl (C=O) groups is 1. The van der Waals surface area contributed by atoms with Gasteiger partial charge in [0.2, 0.25) is 5.92 Å². The quantitative estimate of drug-likeness (QED) is 0.697. The molecule has 0 aromatic heterocycles. The van der Waals surface area contributed by atoms with Crippen molar-refractivity contribution in [2.45, 2.75) is 51.1 Å². The van der Waals surface area contributed by atoms with Crippen LogP contribution in [0.2, 0.25) is 0 Å². The van der Waals surface area contributed by atoms with Crippen molar-refractivity contribution < 1.29 is 18.3 Å². The molecule has 2 rings (SSSR count). The molecule has 1 aliphatic heterocycles. The zero-order chi connectivity index (χ0) is 12.0. The molecular weight excluding hydrogens is 214 g/mol. The standard InChI is InChI=1S/C12H18F2O2/c1-8(10(15)11(2)7-16-11)5-9-3-4-12(13,14)6-9/h8-9H,3-7H2,1-2H3/t8-,9?,11+/m0/s1. The highest BCUT2D eigenvalue weighted by Crippen LogP contribution is 2.42. The molecule has 0 aromatic rings. The molecule has 0 spiro atoms. The maximum atomic E-state index is 13.0. The lowest BCUT2D eigenvalue weighted by molar-refractivity contribution is -0.127. The number of ketones is 1. The van der Waals surface area contributed by atoms with Crippen LogP contribution in [0.5, 0.6) is 0 Å². The van der Waals surface area contributed by atoms with Crippen molar-refractivity contribution in [2.75, 3.05) is 6.61 Å². The van der Waals surface area contributed by atoms with Crippen LogP contribution in [0.3, 0.4) is 0 Å². The Morgan fingerprint density at radius 1 is 1.56 bits per heavy atom. The molecule has 0 amide bonds. The largest absolute Gasteiger partial charge is 0.362 e. The van der Waals surface area contributed by atoms with E-state index in [0.29, 0.717) is 19.4 Å². The molecule has 92 valence electrons. The summed E-state index contributed by atoms with van der Waals surface area (Å²) < 4.78 is 31.1. The zero-order valence-corrected chi connectivity index (χ0v) is 9.76. The summed E-state index contributed by atoms with van der Waals surface area (Å²) in [4.78, 5) is 11.9.